The molecule has 56 valence electrons. The summed E-state index contributed by atoms with van der Waals surface area (Å²) in [7, 11) is 0. The minimum atomic E-state index is 0.807. The minimum Gasteiger partial charge on any atom is -0.361 e. The van der Waals surface area contributed by atoms with Gasteiger partial charge in [-0.15, -0.1) is 0 Å². The number of nitrogens with one attached hydrogen (secondary N) is 1. The Labute approximate surface area is 83.2 Å². The normalized spacial score (nSPS) is 10.7. The van der Waals surface area contributed by atoms with Gasteiger partial charge >= 0.3 is 0 Å². The van der Waals surface area contributed by atoms with Crippen LogP contribution in [0.2, 0.25) is 5.02 Å². The molecular weight excluding hydrogens is 272 g/mol. The molecular formula is C8H5ClIN. The van der Waals surface area contributed by atoms with Gasteiger partial charge in [-0.3, -0.25) is 0 Å². The van der Waals surface area contributed by atoms with Gasteiger partial charge in [0.1, 0.15) is 0 Å². The predicted octanol–water partition coefficient (Wildman–Crippen LogP) is 3.38. The molecule has 0 radical (unpaired) electrons. The van der Waals surface area contributed by atoms with E-state index < -0.39 is 0 Å². The number of hydrogen-bond acceptors (Lipinski definition) is 0. The molecule has 0 aromatic heterocycles. The van der Waals surface area contributed by atoms with Crippen molar-refractivity contribution in [1.29, 1.82) is 0 Å². The fourth-order valence-electron chi connectivity index (χ4n) is 1.08. The Hall–Kier alpha value is -0.220. The third-order valence-electron chi connectivity index (χ3n) is 1.58. The van der Waals surface area contributed by atoms with E-state index in [1.807, 2.05) is 12.3 Å². The lowest BCUT2D eigenvalue weighted by molar-refractivity contribution is 1.34. The van der Waals surface area contributed by atoms with Crippen molar-refractivity contribution in [2.45, 2.75) is 0 Å². The Morgan fingerprint density at radius 2 is 2.18 bits per heavy atom. The second-order valence-electron chi connectivity index (χ2n) is 2.33. The molecule has 0 amide bonds. The van der Waals surface area contributed by atoms with Gasteiger partial charge in [-0.05, 0) is 40.8 Å². The van der Waals surface area contributed by atoms with Crippen molar-refractivity contribution in [3.8, 4) is 11.3 Å². The van der Waals surface area contributed by atoms with Gasteiger partial charge in [-0.2, -0.15) is 0 Å². The molecule has 1 N–H and O–H groups in total. The fourth-order valence-corrected chi connectivity index (χ4v) is 1.93. The summed E-state index contributed by atoms with van der Waals surface area (Å²) in [6.45, 7) is 0. The highest BCUT2D eigenvalue weighted by molar-refractivity contribution is 14.1. The molecule has 0 aromatic carbocycles. The van der Waals surface area contributed by atoms with E-state index >= 15 is 0 Å². The highest BCUT2D eigenvalue weighted by Crippen LogP contribution is 2.30. The zero-order chi connectivity index (χ0) is 7.84. The molecule has 2 rings (SSSR count). The van der Waals surface area contributed by atoms with E-state index in [1.165, 1.54) is 3.57 Å². The minimum absolute atomic E-state index is 0.807. The van der Waals surface area contributed by atoms with Gasteiger partial charge in [-0.25, -0.2) is 0 Å². The Balaban J connectivity index is 2.78. The first-order chi connectivity index (χ1) is 5.27. The Kier molecular flexibility index (Phi) is 1.81. The molecule has 0 unspecified atom stereocenters. The van der Waals surface area contributed by atoms with Gasteiger partial charge in [0.15, 0.2) is 0 Å². The summed E-state index contributed by atoms with van der Waals surface area (Å²) >= 11 is 8.22. The number of hydrogen-bond donors (Lipinski definition) is 1. The van der Waals surface area contributed by atoms with Crippen LogP contribution in [0.1, 0.15) is 0 Å². The second-order valence-corrected chi connectivity index (χ2v) is 3.98. The van der Waals surface area contributed by atoms with Crippen molar-refractivity contribution in [1.82, 2.24) is 4.98 Å². The van der Waals surface area contributed by atoms with Crippen molar-refractivity contribution in [2.75, 3.05) is 0 Å². The lowest BCUT2D eigenvalue weighted by atomic mass is 10.2. The van der Waals surface area contributed by atoms with Crippen molar-refractivity contribution < 1.29 is 0 Å². The van der Waals surface area contributed by atoms with Crippen LogP contribution < -0.4 is 0 Å². The van der Waals surface area contributed by atoms with Crippen LogP contribution in [0.25, 0.3) is 11.3 Å². The summed E-state index contributed by atoms with van der Waals surface area (Å²) in [6.07, 6.45) is 1.85. The predicted molar refractivity (Wildman–Crippen MR) is 55.1 cm³/mol. The van der Waals surface area contributed by atoms with E-state index in [2.05, 4.69) is 39.7 Å². The summed E-state index contributed by atoms with van der Waals surface area (Å²) in [5.74, 6) is 0. The number of aromatic nitrogens is 1. The van der Waals surface area contributed by atoms with Crippen LogP contribution in [0.3, 0.4) is 0 Å². The molecule has 1 nitrogen and oxygen atoms in total. The van der Waals surface area contributed by atoms with E-state index in [0.29, 0.717) is 0 Å². The van der Waals surface area contributed by atoms with Crippen molar-refractivity contribution in [2.24, 2.45) is 0 Å². The molecule has 0 saturated carbocycles. The topological polar surface area (TPSA) is 15.8 Å². The third-order valence-corrected chi connectivity index (χ3v) is 2.53. The van der Waals surface area contributed by atoms with Gasteiger partial charge < -0.3 is 4.98 Å². The molecule has 2 aliphatic rings. The van der Waals surface area contributed by atoms with E-state index in [4.69, 9.17) is 11.6 Å². The summed E-state index contributed by atoms with van der Waals surface area (Å²) in [5.41, 5.74) is 2.19. The quantitative estimate of drug-likeness (QED) is 0.711. The highest BCUT2D eigenvalue weighted by Gasteiger charge is 2.07. The van der Waals surface area contributed by atoms with E-state index in [9.17, 15) is 0 Å². The zero-order valence-corrected chi connectivity index (χ0v) is 8.48. The van der Waals surface area contributed by atoms with Crippen LogP contribution in [0.15, 0.2) is 24.4 Å². The van der Waals surface area contributed by atoms with Crippen molar-refractivity contribution in [3.63, 3.8) is 0 Å². The summed E-state index contributed by atoms with van der Waals surface area (Å²) in [4.78, 5) is 3.12. The maximum absolute atomic E-state index is 5.95. The molecule has 0 spiro atoms. The smallest absolute Gasteiger partial charge is 0.0514 e. The lowest BCUT2D eigenvalue weighted by Crippen LogP contribution is -1.78. The van der Waals surface area contributed by atoms with Gasteiger partial charge in [0.05, 0.1) is 5.02 Å². The summed E-state index contributed by atoms with van der Waals surface area (Å²) < 4.78 is 1.21. The maximum atomic E-state index is 5.95. The SMILES string of the molecule is Clc1cc[nH]c2cc(I)cc1-2. The van der Waals surface area contributed by atoms with Gasteiger partial charge in [-0.1, -0.05) is 11.6 Å². The molecule has 1 aliphatic heterocycles. The molecule has 0 aromatic rings. The molecule has 0 saturated heterocycles. The fraction of sp³-hybridized carbons (Fsp3) is 0. The molecule has 0 atom stereocenters. The standard InChI is InChI=1S/C8H5ClIN/c9-7-1-2-11-8-4-5(10)3-6(7)8/h1-4,11H. The van der Waals surface area contributed by atoms with Gasteiger partial charge in [0, 0.05) is 21.0 Å². The lowest BCUT2D eigenvalue weighted by Gasteiger charge is -1.98. The van der Waals surface area contributed by atoms with E-state index in [0.717, 1.165) is 16.3 Å². The average molecular weight is 277 g/mol. The van der Waals surface area contributed by atoms with Crippen LogP contribution in [0, 0.1) is 3.57 Å². The first-order valence-electron chi connectivity index (χ1n) is 3.19. The Morgan fingerprint density at radius 1 is 1.36 bits per heavy atom. The van der Waals surface area contributed by atoms with Gasteiger partial charge in [0.25, 0.3) is 0 Å². The van der Waals surface area contributed by atoms with Crippen LogP contribution in [0.5, 0.6) is 0 Å². The number of H-pyrrole nitrogens is 1. The first kappa shape index (κ1) is 7.43. The maximum Gasteiger partial charge on any atom is 0.0514 e. The Morgan fingerprint density at radius 3 is 2.91 bits per heavy atom. The van der Waals surface area contributed by atoms with Crippen molar-refractivity contribution >= 4 is 34.2 Å². The second kappa shape index (κ2) is 2.68. The van der Waals surface area contributed by atoms with E-state index in [1.54, 1.807) is 0 Å². The van der Waals surface area contributed by atoms with Crippen LogP contribution >= 0.6 is 34.2 Å². The molecule has 1 aliphatic carbocycles. The van der Waals surface area contributed by atoms with E-state index in [-0.39, 0.29) is 0 Å². The van der Waals surface area contributed by atoms with Crippen LogP contribution in [-0.4, -0.2) is 4.98 Å². The molecule has 11 heavy (non-hydrogen) atoms. The zero-order valence-electron chi connectivity index (χ0n) is 5.57. The van der Waals surface area contributed by atoms with Crippen LogP contribution in [0.4, 0.5) is 0 Å². The third kappa shape index (κ3) is 1.25. The molecule has 0 bridgehead atoms. The number of halogens is 2. The number of aromatic amines is 1. The van der Waals surface area contributed by atoms with Crippen molar-refractivity contribution in [3.05, 3.63) is 33.0 Å². The largest absolute Gasteiger partial charge is 0.361 e. The average Bonchev–Trinajstić information content (AvgIpc) is 2.31. The monoisotopic (exact) mass is 277 g/mol. The molecule has 0 fully saturated rings. The summed E-state index contributed by atoms with van der Waals surface area (Å²) in [6, 6.07) is 6.00. The molecule has 3 heteroatoms. The highest BCUT2D eigenvalue weighted by atomic mass is 127. The van der Waals surface area contributed by atoms with Gasteiger partial charge in [0.2, 0.25) is 0 Å². The molecule has 1 heterocycles. The first-order valence-corrected chi connectivity index (χ1v) is 4.65. The number of rotatable bonds is 0. The summed E-state index contributed by atoms with van der Waals surface area (Å²) in [5, 5.41) is 0.807. The Bertz CT molecular complexity index is 355. The number of fused-ring (bicyclic) bond motifs is 1. The number of pyridine rings is 1. The van der Waals surface area contributed by atoms with Crippen LogP contribution in [-0.2, 0) is 0 Å².